The van der Waals surface area contributed by atoms with Crippen molar-refractivity contribution in [2.45, 2.75) is 39.0 Å². The highest BCUT2D eigenvalue weighted by atomic mass is 32.1. The summed E-state index contributed by atoms with van der Waals surface area (Å²) in [4.78, 5) is 40.6. The molecule has 1 aliphatic heterocycles. The first kappa shape index (κ1) is 22.1. The topological polar surface area (TPSA) is 94.8 Å². The van der Waals surface area contributed by atoms with Crippen molar-refractivity contribution in [3.05, 3.63) is 69.1 Å². The fraction of sp³-hybridized carbons (Fsp3) is 0.375. The van der Waals surface area contributed by atoms with Crippen LogP contribution in [0.5, 0.6) is 0 Å². The second-order valence-electron chi connectivity index (χ2n) is 7.64. The van der Waals surface area contributed by atoms with Crippen molar-refractivity contribution < 1.29 is 28.3 Å². The lowest BCUT2D eigenvalue weighted by Gasteiger charge is -2.38. The third-order valence-electron chi connectivity index (χ3n) is 5.79. The van der Waals surface area contributed by atoms with Gasteiger partial charge < -0.3 is 19.2 Å². The second kappa shape index (κ2) is 9.16. The first-order valence-electron chi connectivity index (χ1n) is 10.6. The smallest absolute Gasteiger partial charge is 0.336 e. The van der Waals surface area contributed by atoms with Gasteiger partial charge in [-0.3, -0.25) is 9.59 Å². The second-order valence-corrected chi connectivity index (χ2v) is 8.62. The van der Waals surface area contributed by atoms with E-state index < -0.39 is 29.7 Å². The molecule has 0 spiro atoms. The molecule has 168 valence electrons. The average molecular weight is 456 g/mol. The number of carbonyl (C=O) groups excluding carboxylic acids is 3. The van der Waals surface area contributed by atoms with Gasteiger partial charge in [-0.1, -0.05) is 6.07 Å². The Hall–Kier alpha value is -3.13. The number of nitrogens with one attached hydrogen (secondary N) is 1. The Morgan fingerprint density at radius 1 is 1.19 bits per heavy atom. The van der Waals surface area contributed by atoms with E-state index in [9.17, 15) is 14.4 Å². The molecule has 0 aromatic carbocycles. The third kappa shape index (κ3) is 3.79. The average Bonchev–Trinajstić information content (AvgIpc) is 3.47. The molecule has 1 N–H and O–H groups in total. The van der Waals surface area contributed by atoms with Crippen LogP contribution in [0.3, 0.4) is 0 Å². The number of carbonyl (C=O) groups is 3. The molecular formula is C24H25NO6S. The molecule has 0 bridgehead atoms. The Morgan fingerprint density at radius 2 is 1.97 bits per heavy atom. The Balaban J connectivity index is 1.85. The number of allylic oxidation sites excluding steroid dienone is 3. The monoisotopic (exact) mass is 455 g/mol. The molecule has 0 saturated carbocycles. The zero-order valence-electron chi connectivity index (χ0n) is 18.2. The van der Waals surface area contributed by atoms with Crippen LogP contribution in [0, 0.1) is 5.92 Å². The van der Waals surface area contributed by atoms with Crippen molar-refractivity contribution in [1.82, 2.24) is 5.32 Å². The van der Waals surface area contributed by atoms with Gasteiger partial charge in [-0.2, -0.15) is 0 Å². The van der Waals surface area contributed by atoms with Crippen molar-refractivity contribution >= 4 is 29.1 Å². The largest absolute Gasteiger partial charge is 0.469 e. The number of ketones is 1. The molecule has 0 radical (unpaired) electrons. The van der Waals surface area contributed by atoms with Gasteiger partial charge in [0.05, 0.1) is 31.0 Å². The molecule has 3 unspecified atom stereocenters. The lowest BCUT2D eigenvalue weighted by atomic mass is 9.69. The van der Waals surface area contributed by atoms with E-state index >= 15 is 0 Å². The predicted molar refractivity (Wildman–Crippen MR) is 118 cm³/mol. The Bertz CT molecular complexity index is 1080. The third-order valence-corrected chi connectivity index (χ3v) is 6.73. The molecule has 0 saturated heterocycles. The lowest BCUT2D eigenvalue weighted by molar-refractivity contribution is -0.152. The lowest BCUT2D eigenvalue weighted by Crippen LogP contribution is -2.43. The van der Waals surface area contributed by atoms with E-state index in [1.807, 2.05) is 17.5 Å². The molecule has 2 aliphatic rings. The number of rotatable bonds is 6. The van der Waals surface area contributed by atoms with Crippen LogP contribution >= 0.6 is 11.3 Å². The summed E-state index contributed by atoms with van der Waals surface area (Å²) in [7, 11) is 0. The van der Waals surface area contributed by atoms with Gasteiger partial charge in [0, 0.05) is 27.8 Å². The van der Waals surface area contributed by atoms with Gasteiger partial charge in [0.25, 0.3) is 0 Å². The van der Waals surface area contributed by atoms with Crippen LogP contribution in [-0.4, -0.2) is 30.9 Å². The SMILES string of the molecule is CCOC(=O)C1=C(C)NC2=C(C(=O)C(C(=O)OCC)C(c3ccco3)C2)C1c1cccs1. The van der Waals surface area contributed by atoms with Crippen LogP contribution in [0.4, 0.5) is 0 Å². The van der Waals surface area contributed by atoms with E-state index in [2.05, 4.69) is 5.32 Å². The number of hydrogen-bond acceptors (Lipinski definition) is 8. The van der Waals surface area contributed by atoms with Crippen LogP contribution < -0.4 is 5.32 Å². The minimum atomic E-state index is -1.05. The van der Waals surface area contributed by atoms with E-state index in [1.54, 1.807) is 32.9 Å². The molecule has 2 aromatic heterocycles. The molecule has 32 heavy (non-hydrogen) atoms. The quantitative estimate of drug-likeness (QED) is 0.519. The van der Waals surface area contributed by atoms with Crippen molar-refractivity contribution in [2.75, 3.05) is 13.2 Å². The van der Waals surface area contributed by atoms with E-state index in [-0.39, 0.29) is 19.0 Å². The van der Waals surface area contributed by atoms with Crippen LogP contribution in [0.1, 0.15) is 49.7 Å². The fourth-order valence-corrected chi connectivity index (χ4v) is 5.37. The summed E-state index contributed by atoms with van der Waals surface area (Å²) in [5, 5.41) is 5.16. The summed E-state index contributed by atoms with van der Waals surface area (Å²) in [5.74, 6) is -3.01. The Morgan fingerprint density at radius 3 is 2.59 bits per heavy atom. The standard InChI is InChI=1S/C24H25NO6S/c1-4-29-23(27)18-13(3)25-15-12-14(16-8-6-10-31-16)19(24(28)30-5-2)22(26)20(15)21(18)17-9-7-11-32-17/h6-11,14,19,21,25H,4-5,12H2,1-3H3. The molecule has 3 atom stereocenters. The summed E-state index contributed by atoms with van der Waals surface area (Å²) in [5.41, 5.74) is 2.14. The molecule has 4 rings (SSSR count). The van der Waals surface area contributed by atoms with Crippen molar-refractivity contribution in [1.29, 1.82) is 0 Å². The van der Waals surface area contributed by atoms with Crippen molar-refractivity contribution in [3.63, 3.8) is 0 Å². The first-order valence-corrected chi connectivity index (χ1v) is 11.5. The summed E-state index contributed by atoms with van der Waals surface area (Å²) < 4.78 is 16.2. The van der Waals surface area contributed by atoms with Crippen LogP contribution in [0.15, 0.2) is 62.9 Å². The van der Waals surface area contributed by atoms with Gasteiger partial charge in [0.15, 0.2) is 5.78 Å². The van der Waals surface area contributed by atoms with Crippen molar-refractivity contribution in [2.24, 2.45) is 5.92 Å². The Labute approximate surface area is 190 Å². The van der Waals surface area contributed by atoms with Crippen LogP contribution in [0.25, 0.3) is 0 Å². The maximum absolute atomic E-state index is 13.9. The molecule has 7 nitrogen and oxygen atoms in total. The summed E-state index contributed by atoms with van der Waals surface area (Å²) >= 11 is 1.46. The van der Waals surface area contributed by atoms with Crippen LogP contribution in [-0.2, 0) is 23.9 Å². The fourth-order valence-electron chi connectivity index (χ4n) is 4.53. The van der Waals surface area contributed by atoms with Gasteiger partial charge in [-0.05, 0) is 50.8 Å². The molecule has 2 aromatic rings. The van der Waals surface area contributed by atoms with E-state index in [4.69, 9.17) is 13.9 Å². The van der Waals surface area contributed by atoms with Gasteiger partial charge >= 0.3 is 11.9 Å². The first-order chi connectivity index (χ1) is 15.5. The number of esters is 2. The number of Topliss-reactive ketones (excluding diaryl/α,β-unsaturated/α-hetero) is 1. The molecule has 0 fully saturated rings. The van der Waals surface area contributed by atoms with E-state index in [1.165, 1.54) is 17.6 Å². The maximum Gasteiger partial charge on any atom is 0.336 e. The number of thiophene rings is 1. The maximum atomic E-state index is 13.9. The highest BCUT2D eigenvalue weighted by Gasteiger charge is 2.50. The number of furan rings is 1. The minimum Gasteiger partial charge on any atom is -0.469 e. The summed E-state index contributed by atoms with van der Waals surface area (Å²) in [6, 6.07) is 7.27. The Kier molecular flexibility index (Phi) is 6.32. The highest BCUT2D eigenvalue weighted by molar-refractivity contribution is 7.10. The highest BCUT2D eigenvalue weighted by Crippen LogP contribution is 2.48. The van der Waals surface area contributed by atoms with Gasteiger partial charge in [0.2, 0.25) is 0 Å². The van der Waals surface area contributed by atoms with Gasteiger partial charge in [0.1, 0.15) is 11.7 Å². The van der Waals surface area contributed by atoms with E-state index in [0.29, 0.717) is 34.7 Å². The molecule has 3 heterocycles. The zero-order valence-corrected chi connectivity index (χ0v) is 19.0. The normalized spacial score (nSPS) is 23.0. The van der Waals surface area contributed by atoms with Gasteiger partial charge in [-0.15, -0.1) is 11.3 Å². The number of dihydropyridines is 1. The molecule has 0 amide bonds. The predicted octanol–water partition coefficient (Wildman–Crippen LogP) is 4.06. The number of ether oxygens (including phenoxy) is 2. The van der Waals surface area contributed by atoms with Gasteiger partial charge in [-0.25, -0.2) is 4.79 Å². The zero-order chi connectivity index (χ0) is 22.8. The van der Waals surface area contributed by atoms with Crippen LogP contribution in [0.2, 0.25) is 0 Å². The molecule has 1 aliphatic carbocycles. The number of hydrogen-bond donors (Lipinski definition) is 1. The summed E-state index contributed by atoms with van der Waals surface area (Å²) in [6.07, 6.45) is 1.91. The summed E-state index contributed by atoms with van der Waals surface area (Å²) in [6.45, 7) is 5.64. The van der Waals surface area contributed by atoms with Crippen molar-refractivity contribution in [3.8, 4) is 0 Å². The molecular weight excluding hydrogens is 430 g/mol. The molecule has 8 heteroatoms. The minimum absolute atomic E-state index is 0.166. The van der Waals surface area contributed by atoms with E-state index in [0.717, 1.165) is 4.88 Å².